The second kappa shape index (κ2) is 3.54. The van der Waals surface area contributed by atoms with Crippen LogP contribution in [0.25, 0.3) is 0 Å². The first-order valence-corrected chi connectivity index (χ1v) is 5.46. The summed E-state index contributed by atoms with van der Waals surface area (Å²) in [7, 11) is 1.44. The molecule has 0 aromatic rings. The van der Waals surface area contributed by atoms with Gasteiger partial charge >= 0.3 is 5.97 Å². The molecule has 0 unspecified atom stereocenters. The maximum Gasteiger partial charge on any atom is 0.309 e. The lowest BCUT2D eigenvalue weighted by Crippen LogP contribution is -2.38. The van der Waals surface area contributed by atoms with Gasteiger partial charge in [-0.05, 0) is 25.7 Å². The Balaban J connectivity index is 2.20. The normalized spacial score (nSPS) is 41.9. The van der Waals surface area contributed by atoms with Gasteiger partial charge in [0.25, 0.3) is 0 Å². The number of hydrogen-bond acceptors (Lipinski definition) is 3. The van der Waals surface area contributed by atoms with Crippen LogP contribution >= 0.6 is 0 Å². The van der Waals surface area contributed by atoms with Crippen molar-refractivity contribution in [2.75, 3.05) is 7.11 Å². The van der Waals surface area contributed by atoms with Gasteiger partial charge in [0.05, 0.1) is 19.1 Å². The van der Waals surface area contributed by atoms with Crippen LogP contribution in [0, 0.1) is 11.3 Å². The van der Waals surface area contributed by atoms with Crippen molar-refractivity contribution in [1.82, 2.24) is 0 Å². The number of hydrogen-bond donors (Lipinski definition) is 1. The Morgan fingerprint density at radius 2 is 2.00 bits per heavy atom. The van der Waals surface area contributed by atoms with E-state index in [1.807, 2.05) is 0 Å². The smallest absolute Gasteiger partial charge is 0.309 e. The predicted octanol–water partition coefficient (Wildman–Crippen LogP) is 1.49. The average Bonchev–Trinajstić information content (AvgIpc) is 2.76. The van der Waals surface area contributed by atoms with Crippen molar-refractivity contribution in [2.24, 2.45) is 11.3 Å². The molecule has 1 spiro atoms. The number of methoxy groups -OCH3 is 1. The molecule has 3 atom stereocenters. The first kappa shape index (κ1) is 9.97. The van der Waals surface area contributed by atoms with Crippen LogP contribution in [-0.2, 0) is 9.53 Å². The van der Waals surface area contributed by atoms with Crippen molar-refractivity contribution in [3.63, 3.8) is 0 Å². The lowest BCUT2D eigenvalue weighted by atomic mass is 9.74. The van der Waals surface area contributed by atoms with Gasteiger partial charge in [-0.15, -0.1) is 0 Å². The fourth-order valence-electron chi connectivity index (χ4n) is 3.37. The third-order valence-corrected chi connectivity index (χ3v) is 4.10. The van der Waals surface area contributed by atoms with Gasteiger partial charge in [0.1, 0.15) is 0 Å². The maximum absolute atomic E-state index is 11.6. The molecule has 2 aliphatic carbocycles. The van der Waals surface area contributed by atoms with Gasteiger partial charge in [-0.1, -0.05) is 12.8 Å². The molecule has 0 heterocycles. The molecular weight excluding hydrogens is 180 g/mol. The molecule has 2 saturated carbocycles. The fourth-order valence-corrected chi connectivity index (χ4v) is 3.37. The first-order valence-electron chi connectivity index (χ1n) is 5.46. The first-order chi connectivity index (χ1) is 6.70. The second-order valence-corrected chi connectivity index (χ2v) is 4.61. The summed E-state index contributed by atoms with van der Waals surface area (Å²) in [6, 6.07) is 0. The van der Waals surface area contributed by atoms with Crippen LogP contribution in [0.3, 0.4) is 0 Å². The van der Waals surface area contributed by atoms with Crippen LogP contribution in [0.5, 0.6) is 0 Å². The lowest BCUT2D eigenvalue weighted by molar-refractivity contribution is -0.152. The van der Waals surface area contributed by atoms with E-state index in [2.05, 4.69) is 0 Å². The molecule has 0 saturated heterocycles. The number of carbonyl (C=O) groups is 1. The van der Waals surface area contributed by atoms with Crippen LogP contribution in [0.1, 0.15) is 38.5 Å². The Labute approximate surface area is 84.4 Å². The molecule has 0 amide bonds. The number of aliphatic hydroxyl groups is 1. The molecule has 2 rings (SSSR count). The molecule has 14 heavy (non-hydrogen) atoms. The maximum atomic E-state index is 11.6. The second-order valence-electron chi connectivity index (χ2n) is 4.61. The Bertz CT molecular complexity index is 235. The van der Waals surface area contributed by atoms with E-state index >= 15 is 0 Å². The number of rotatable bonds is 1. The van der Waals surface area contributed by atoms with Crippen LogP contribution < -0.4 is 0 Å². The van der Waals surface area contributed by atoms with E-state index < -0.39 is 0 Å². The molecule has 2 fully saturated rings. The van der Waals surface area contributed by atoms with E-state index in [9.17, 15) is 9.90 Å². The monoisotopic (exact) mass is 198 g/mol. The Kier molecular flexibility index (Phi) is 2.52. The van der Waals surface area contributed by atoms with E-state index in [1.54, 1.807) is 0 Å². The summed E-state index contributed by atoms with van der Waals surface area (Å²) in [5.41, 5.74) is -0.132. The fraction of sp³-hybridized carbons (Fsp3) is 0.909. The summed E-state index contributed by atoms with van der Waals surface area (Å²) in [4.78, 5) is 11.6. The minimum Gasteiger partial charge on any atom is -0.469 e. The zero-order valence-electron chi connectivity index (χ0n) is 8.66. The van der Waals surface area contributed by atoms with E-state index in [-0.39, 0.29) is 23.4 Å². The third-order valence-electron chi connectivity index (χ3n) is 4.10. The molecule has 0 radical (unpaired) electrons. The van der Waals surface area contributed by atoms with Crippen LogP contribution in [0.2, 0.25) is 0 Å². The van der Waals surface area contributed by atoms with Gasteiger partial charge in [-0.2, -0.15) is 0 Å². The summed E-state index contributed by atoms with van der Waals surface area (Å²) in [6.07, 6.45) is 5.55. The minimum absolute atomic E-state index is 0.0509. The summed E-state index contributed by atoms with van der Waals surface area (Å²) in [6.45, 7) is 0. The molecule has 0 bridgehead atoms. The quantitative estimate of drug-likeness (QED) is 0.649. The highest BCUT2D eigenvalue weighted by atomic mass is 16.5. The average molecular weight is 198 g/mol. The SMILES string of the molecule is COC(=O)[C@H]1CCC[C@@]12CCC[C@H]2O. The van der Waals surface area contributed by atoms with Crippen molar-refractivity contribution >= 4 is 5.97 Å². The van der Waals surface area contributed by atoms with Crippen LogP contribution in [0.15, 0.2) is 0 Å². The predicted molar refractivity (Wildman–Crippen MR) is 51.6 cm³/mol. The highest BCUT2D eigenvalue weighted by Crippen LogP contribution is 2.54. The molecule has 1 N–H and O–H groups in total. The van der Waals surface area contributed by atoms with E-state index in [4.69, 9.17) is 4.74 Å². The van der Waals surface area contributed by atoms with Crippen molar-refractivity contribution in [1.29, 1.82) is 0 Å². The van der Waals surface area contributed by atoms with Crippen LogP contribution in [0.4, 0.5) is 0 Å². The Morgan fingerprint density at radius 1 is 1.36 bits per heavy atom. The molecule has 3 nitrogen and oxygen atoms in total. The molecule has 2 aliphatic rings. The highest BCUT2D eigenvalue weighted by molar-refractivity contribution is 5.74. The van der Waals surface area contributed by atoms with Crippen molar-refractivity contribution in [3.8, 4) is 0 Å². The number of ether oxygens (including phenoxy) is 1. The van der Waals surface area contributed by atoms with Gasteiger partial charge in [0.2, 0.25) is 0 Å². The summed E-state index contributed by atoms with van der Waals surface area (Å²) in [5.74, 6) is -0.173. The third kappa shape index (κ3) is 1.26. The van der Waals surface area contributed by atoms with E-state index in [0.717, 1.165) is 38.5 Å². The summed E-state index contributed by atoms with van der Waals surface area (Å²) < 4.78 is 4.82. The van der Waals surface area contributed by atoms with E-state index in [0.29, 0.717) is 0 Å². The van der Waals surface area contributed by atoms with Crippen molar-refractivity contribution in [2.45, 2.75) is 44.6 Å². The molecule has 80 valence electrons. The Hall–Kier alpha value is -0.570. The molecule has 0 aromatic heterocycles. The number of carbonyl (C=O) groups excluding carboxylic acids is 1. The van der Waals surface area contributed by atoms with Gasteiger partial charge in [-0.3, -0.25) is 4.79 Å². The minimum atomic E-state index is -0.283. The van der Waals surface area contributed by atoms with Crippen molar-refractivity contribution in [3.05, 3.63) is 0 Å². The largest absolute Gasteiger partial charge is 0.469 e. The summed E-state index contributed by atoms with van der Waals surface area (Å²) in [5, 5.41) is 9.99. The standard InChI is InChI=1S/C11H18O3/c1-14-10(13)8-4-2-6-11(8)7-3-5-9(11)12/h8-9,12H,2-7H2,1H3/t8-,9-,11-/m1/s1. The van der Waals surface area contributed by atoms with Gasteiger partial charge in [0, 0.05) is 5.41 Å². The molecule has 0 aromatic carbocycles. The van der Waals surface area contributed by atoms with Gasteiger partial charge in [-0.25, -0.2) is 0 Å². The van der Waals surface area contributed by atoms with Gasteiger partial charge in [0.15, 0.2) is 0 Å². The van der Waals surface area contributed by atoms with Crippen molar-refractivity contribution < 1.29 is 14.6 Å². The molecular formula is C11H18O3. The van der Waals surface area contributed by atoms with Crippen LogP contribution in [-0.4, -0.2) is 24.3 Å². The molecule has 0 aliphatic heterocycles. The molecule has 3 heteroatoms. The number of esters is 1. The van der Waals surface area contributed by atoms with E-state index in [1.165, 1.54) is 7.11 Å². The zero-order valence-corrected chi connectivity index (χ0v) is 8.66. The lowest BCUT2D eigenvalue weighted by Gasteiger charge is -2.32. The Morgan fingerprint density at radius 3 is 2.50 bits per heavy atom. The summed E-state index contributed by atoms with van der Waals surface area (Å²) >= 11 is 0. The topological polar surface area (TPSA) is 46.5 Å². The number of aliphatic hydroxyl groups excluding tert-OH is 1. The highest BCUT2D eigenvalue weighted by Gasteiger charge is 2.53. The zero-order chi connectivity index (χ0) is 10.2. The van der Waals surface area contributed by atoms with Gasteiger partial charge < -0.3 is 9.84 Å².